The number of anilines is 4. The third-order valence-corrected chi connectivity index (χ3v) is 32.7. The van der Waals surface area contributed by atoms with Crippen LogP contribution in [0.3, 0.4) is 0 Å². The van der Waals surface area contributed by atoms with E-state index in [-0.39, 0.29) is 50.0 Å². The van der Waals surface area contributed by atoms with E-state index in [0.717, 1.165) is 49.8 Å². The molecule has 0 unspecified atom stereocenters. The summed E-state index contributed by atoms with van der Waals surface area (Å²) in [5.41, 5.74) is 15.8. The van der Waals surface area contributed by atoms with E-state index < -0.39 is 41.5 Å². The predicted molar refractivity (Wildman–Crippen MR) is 382 cm³/mol. The van der Waals surface area contributed by atoms with Crippen molar-refractivity contribution >= 4 is 152 Å². The predicted octanol–water partition coefficient (Wildman–Crippen LogP) is 16.0. The number of halogens is 3. The molecule has 6 N–H and O–H groups in total. The minimum atomic E-state index is -2.18. The van der Waals surface area contributed by atoms with E-state index in [2.05, 4.69) is 84.6 Å². The maximum atomic E-state index is 13.7. The van der Waals surface area contributed by atoms with Crippen molar-refractivity contribution in [2.24, 2.45) is 0 Å². The average Bonchev–Trinajstić information content (AvgIpc) is 0.978. The number of hydrogen-bond donors (Lipinski definition) is 4. The number of benzene rings is 4. The molecular weight excluding hydrogens is 1430 g/mol. The van der Waals surface area contributed by atoms with Gasteiger partial charge in [0.25, 0.3) is 11.1 Å². The molecule has 26 heteroatoms. The fourth-order valence-electron chi connectivity index (χ4n) is 10.1. The van der Waals surface area contributed by atoms with Crippen LogP contribution in [0.5, 0.6) is 0 Å². The first-order chi connectivity index (χ1) is 42.4. The number of thiazole rings is 2. The Balaban J connectivity index is 0.000000282. The van der Waals surface area contributed by atoms with E-state index in [9.17, 15) is 9.59 Å². The number of unbranched alkanes of at least 4 members (excludes halogenated alkanes) is 3. The van der Waals surface area contributed by atoms with Gasteiger partial charge in [-0.15, -0.1) is 11.3 Å². The molecule has 2 atom stereocenters. The van der Waals surface area contributed by atoms with E-state index in [0.29, 0.717) is 36.9 Å². The van der Waals surface area contributed by atoms with Gasteiger partial charge in [-0.3, -0.25) is 18.7 Å². The van der Waals surface area contributed by atoms with Crippen LogP contribution in [0, 0.1) is 13.8 Å². The van der Waals surface area contributed by atoms with Crippen LogP contribution in [0.4, 0.5) is 23.5 Å². The molecule has 0 spiro atoms. The number of pyridine rings is 2. The van der Waals surface area contributed by atoms with Crippen LogP contribution in [0.2, 0.25) is 23.4 Å². The molecule has 6 aromatic heterocycles. The Bertz CT molecular complexity index is 4100. The van der Waals surface area contributed by atoms with Crippen LogP contribution < -0.4 is 36.9 Å². The topological polar surface area (TPSA) is 266 Å². The molecular formula is C64H77BrCl2N12O6S4Sn. The molecule has 0 radical (unpaired) electrons. The van der Waals surface area contributed by atoms with Crippen molar-refractivity contribution in [2.75, 3.05) is 22.1 Å². The van der Waals surface area contributed by atoms with E-state index in [1.54, 1.807) is 48.7 Å². The molecule has 0 bridgehead atoms. The summed E-state index contributed by atoms with van der Waals surface area (Å²) in [6.07, 6.45) is 11.6. The summed E-state index contributed by atoms with van der Waals surface area (Å²) in [6, 6.07) is 33.2. The van der Waals surface area contributed by atoms with Gasteiger partial charge in [-0.05, 0) is 96.0 Å². The SMILES string of the molecule is C.C.CCC[CH2][Sn]([CH2]CCC)([CH2]CCC)[c]1csc(C)n1.C[C@H](Nc1nc(N)ncc1Br)c1cc2cccc(Cl)c2c(=O)n1-c1ccccc1.Cc1nc(-c2cnc(N)nc2N[C@@H](C)c2cc3cccc(Cl)c3c(=O)n2-c2ccccc2)cs1.O=S=O.O=S=O. The zero-order chi connectivity index (χ0) is 63.9. The third-order valence-electron chi connectivity index (χ3n) is 14.3. The van der Waals surface area contributed by atoms with Gasteiger partial charge in [0.05, 0.1) is 53.6 Å². The number of aromatic nitrogens is 8. The fraction of sp³-hybridized carbons (Fsp3) is 0.312. The normalized spacial score (nSPS) is 11.3. The molecule has 0 saturated heterocycles. The maximum Gasteiger partial charge on any atom is 0.335 e. The van der Waals surface area contributed by atoms with Crippen LogP contribution in [0.25, 0.3) is 44.2 Å². The first-order valence-corrected chi connectivity index (χ1v) is 40.4. The maximum absolute atomic E-state index is 13.7. The Labute approximate surface area is 564 Å². The molecule has 0 saturated carbocycles. The van der Waals surface area contributed by atoms with Gasteiger partial charge >= 0.3 is 151 Å². The molecule has 90 heavy (non-hydrogen) atoms. The Morgan fingerprint density at radius 3 is 1.41 bits per heavy atom. The Morgan fingerprint density at radius 2 is 1.00 bits per heavy atom. The van der Waals surface area contributed by atoms with Gasteiger partial charge in [0.1, 0.15) is 11.6 Å². The van der Waals surface area contributed by atoms with Gasteiger partial charge in [-0.1, -0.05) is 98.7 Å². The van der Waals surface area contributed by atoms with Gasteiger partial charge in [0.15, 0.2) is 0 Å². The number of nitrogens with one attached hydrogen (secondary N) is 2. The second-order valence-electron chi connectivity index (χ2n) is 20.4. The van der Waals surface area contributed by atoms with Crippen LogP contribution in [0.1, 0.15) is 121 Å². The molecule has 478 valence electrons. The largest absolute Gasteiger partial charge is 0.368 e. The number of hydrogen-bond acceptors (Lipinski definition) is 18. The van der Waals surface area contributed by atoms with Crippen LogP contribution in [-0.2, 0) is 23.1 Å². The Kier molecular flexibility index (Phi) is 31.8. The van der Waals surface area contributed by atoms with Crippen molar-refractivity contribution in [2.45, 2.75) is 127 Å². The quantitative estimate of drug-likeness (QED) is 0.0548. The van der Waals surface area contributed by atoms with Crippen molar-refractivity contribution in [1.29, 1.82) is 0 Å². The monoisotopic (exact) mass is 1510 g/mol. The second-order valence-corrected chi connectivity index (χ2v) is 37.5. The first kappa shape index (κ1) is 75.9. The number of nitrogens with zero attached hydrogens (tertiary/aromatic N) is 8. The average molecular weight is 1510 g/mol. The molecule has 18 nitrogen and oxygen atoms in total. The molecule has 0 amide bonds. The number of nitrogens with two attached hydrogens (primary N) is 2. The molecule has 0 aliphatic carbocycles. The van der Waals surface area contributed by atoms with Crippen molar-refractivity contribution in [1.82, 2.24) is 39.0 Å². The third kappa shape index (κ3) is 20.0. The van der Waals surface area contributed by atoms with Gasteiger partial charge in [-0.2, -0.15) is 26.8 Å². The summed E-state index contributed by atoms with van der Waals surface area (Å²) in [5.74, 6) is 1.40. The standard InChI is InChI=1S/C25H21ClN6OS.C21H17BrClN5O.C4H4NS.3C4H9.2CH4.2O2S.Sn/c1-14(29-23-18(12-28-25(27)31-23)20-13-34-15(2)30-20)21-11-16-7-6-10-19(26)22(16)24(33)32(21)17-8-4-3-5-9-17;1-12(26-19-15(22)11-25-21(24)27-19)17-10-13-6-5-9-16(23)18(13)20(29)28(17)14-7-3-2-4-8-14;1-4-5-2-3-6-4;3*1-3-4-2;;;2*1-3-2;/h3-14H,1-2H3,(H3,27,28,29,31);2-12H,1H3,(H3,24,25,26,27);3H,1H3;3*1,3-4H2,2H3;2*1H4;;;/t14-;12-;;;;;;;;;/m00........./s1. The smallest absolute Gasteiger partial charge is 0.335 e. The minimum Gasteiger partial charge on any atom is -0.368 e. The first-order valence-electron chi connectivity index (χ1n) is 28.3. The summed E-state index contributed by atoms with van der Waals surface area (Å²) in [5, 5.41) is 16.7. The van der Waals surface area contributed by atoms with Gasteiger partial charge in [-0.25, -0.2) is 15.0 Å². The van der Waals surface area contributed by atoms with E-state index >= 15 is 0 Å². The molecule has 0 aliphatic heterocycles. The number of rotatable bonds is 19. The fourth-order valence-corrected chi connectivity index (χ4v) is 29.5. The van der Waals surface area contributed by atoms with Crippen LogP contribution >= 0.6 is 61.8 Å². The minimum absolute atomic E-state index is 0. The second kappa shape index (κ2) is 37.7. The van der Waals surface area contributed by atoms with E-state index in [1.165, 1.54) is 56.8 Å². The number of fused-ring (bicyclic) bond motifs is 2. The van der Waals surface area contributed by atoms with Gasteiger partial charge in [0, 0.05) is 40.5 Å². The summed E-state index contributed by atoms with van der Waals surface area (Å²) in [7, 11) is 0. The van der Waals surface area contributed by atoms with Gasteiger partial charge < -0.3 is 22.1 Å². The van der Waals surface area contributed by atoms with E-state index in [1.807, 2.05) is 135 Å². The van der Waals surface area contributed by atoms with Crippen molar-refractivity contribution in [3.05, 3.63) is 189 Å². The summed E-state index contributed by atoms with van der Waals surface area (Å²) >= 11 is 16.0. The molecule has 4 aromatic carbocycles. The number of nitrogen functional groups attached to an aromatic ring is 2. The van der Waals surface area contributed by atoms with Crippen molar-refractivity contribution in [3.8, 4) is 22.6 Å². The van der Waals surface area contributed by atoms with Crippen LogP contribution in [-0.4, -0.2) is 74.3 Å². The zero-order valence-electron chi connectivity index (χ0n) is 49.7. The molecule has 10 rings (SSSR count). The number of aryl methyl sites for hydroxylation is 2. The Hall–Kier alpha value is -6.58. The zero-order valence-corrected chi connectivity index (χ0v) is 58.9. The van der Waals surface area contributed by atoms with Gasteiger partial charge in [0.2, 0.25) is 11.9 Å². The number of para-hydroxylation sites is 2. The van der Waals surface area contributed by atoms with Crippen LogP contribution in [0.15, 0.2) is 146 Å². The van der Waals surface area contributed by atoms with Crippen molar-refractivity contribution in [3.63, 3.8) is 0 Å². The summed E-state index contributed by atoms with van der Waals surface area (Å²) in [6.45, 7) is 15.0. The molecule has 6 heterocycles. The summed E-state index contributed by atoms with van der Waals surface area (Å²) < 4.78 is 43.4. The molecule has 10 aromatic rings. The molecule has 0 aliphatic rings. The van der Waals surface area contributed by atoms with E-state index in [4.69, 9.17) is 56.5 Å². The molecule has 0 fully saturated rings. The Morgan fingerprint density at radius 1 is 0.589 bits per heavy atom. The van der Waals surface area contributed by atoms with Crippen molar-refractivity contribution < 1.29 is 16.8 Å². The summed E-state index contributed by atoms with van der Waals surface area (Å²) in [4.78, 5) is 53.4.